The van der Waals surface area contributed by atoms with Crippen molar-refractivity contribution in [2.45, 2.75) is 12.6 Å². The number of halogens is 2. The summed E-state index contributed by atoms with van der Waals surface area (Å²) in [5.74, 6) is -1.05. The minimum absolute atomic E-state index is 0.106. The van der Waals surface area contributed by atoms with Crippen LogP contribution in [0.1, 0.15) is 16.2 Å². The zero-order valence-corrected chi connectivity index (χ0v) is 16.6. The van der Waals surface area contributed by atoms with Crippen LogP contribution in [0.2, 0.25) is 0 Å². The van der Waals surface area contributed by atoms with Gasteiger partial charge in [0.2, 0.25) is 5.82 Å². The van der Waals surface area contributed by atoms with Gasteiger partial charge in [-0.3, -0.25) is 4.79 Å². The molecule has 0 spiro atoms. The number of aromatic nitrogens is 4. The first kappa shape index (κ1) is 19.8. The molecular weight excluding hydrogens is 414 g/mol. The van der Waals surface area contributed by atoms with Crippen LogP contribution < -0.4 is 15.0 Å². The van der Waals surface area contributed by atoms with Gasteiger partial charge in [0.15, 0.2) is 11.6 Å². The van der Waals surface area contributed by atoms with E-state index in [0.29, 0.717) is 16.6 Å². The van der Waals surface area contributed by atoms with Crippen LogP contribution in [0.4, 0.5) is 14.6 Å². The number of ether oxygens (including phenoxy) is 1. The van der Waals surface area contributed by atoms with Crippen LogP contribution in [0.15, 0.2) is 42.9 Å². The highest BCUT2D eigenvalue weighted by atomic mass is 32.1. The summed E-state index contributed by atoms with van der Waals surface area (Å²) in [7, 11) is 1.73. The van der Waals surface area contributed by atoms with E-state index in [1.54, 1.807) is 30.3 Å². The number of likely N-dealkylation sites (N-methyl/N-ethyl adjacent to an activating group) is 1. The maximum Gasteiger partial charge on any atom is 0.291 e. The maximum atomic E-state index is 13.8. The lowest BCUT2D eigenvalue weighted by Crippen LogP contribution is -2.48. The summed E-state index contributed by atoms with van der Waals surface area (Å²) in [5, 5.41) is 6.74. The molecule has 1 atom stereocenters. The quantitative estimate of drug-likeness (QED) is 0.634. The molecule has 0 radical (unpaired) electrons. The van der Waals surface area contributed by atoms with Crippen molar-refractivity contribution in [3.63, 3.8) is 0 Å². The molecule has 0 fully saturated rings. The Morgan fingerprint density at radius 2 is 2.03 bits per heavy atom. The van der Waals surface area contributed by atoms with E-state index in [0.717, 1.165) is 12.1 Å². The van der Waals surface area contributed by atoms with Crippen molar-refractivity contribution in [3.05, 3.63) is 65.9 Å². The number of benzene rings is 1. The van der Waals surface area contributed by atoms with E-state index in [9.17, 15) is 13.6 Å². The predicted molar refractivity (Wildman–Crippen MR) is 107 cm³/mol. The summed E-state index contributed by atoms with van der Waals surface area (Å²) in [5.41, 5.74) is -0.167. The van der Waals surface area contributed by atoms with E-state index in [4.69, 9.17) is 17.0 Å². The van der Waals surface area contributed by atoms with Crippen LogP contribution in [0.5, 0.6) is 5.75 Å². The van der Waals surface area contributed by atoms with E-state index in [1.165, 1.54) is 17.1 Å². The average Bonchev–Trinajstić information content (AvgIpc) is 3.17. The molecule has 30 heavy (non-hydrogen) atoms. The standard InChI is InChI=1S/C19H16F2N6O2S/c1-26-17-15(6-3-7-22-17)29-9-14(19(26)30)24-18(28)16-23-10-27(25-16)8-11-12(20)4-2-5-13(11)21/h2-7,10,14H,8-9H2,1H3,(H,24,28). The number of carbonyl (C=O) groups excluding carboxylic acids is 1. The van der Waals surface area contributed by atoms with Crippen LogP contribution in [-0.2, 0) is 6.54 Å². The number of hydrogen-bond donors (Lipinski definition) is 1. The van der Waals surface area contributed by atoms with Gasteiger partial charge in [0.1, 0.15) is 35.6 Å². The predicted octanol–water partition coefficient (Wildman–Crippen LogP) is 1.95. The summed E-state index contributed by atoms with van der Waals surface area (Å²) >= 11 is 5.46. The first-order valence-electron chi connectivity index (χ1n) is 8.92. The molecule has 1 aliphatic heterocycles. The number of amides is 1. The molecule has 3 aromatic rings. The molecular formula is C19H16F2N6O2S. The lowest BCUT2D eigenvalue weighted by Gasteiger charge is -2.22. The lowest BCUT2D eigenvalue weighted by molar-refractivity contribution is 0.0927. The molecule has 1 aromatic carbocycles. The Bertz CT molecular complexity index is 1100. The van der Waals surface area contributed by atoms with E-state index >= 15 is 0 Å². The Balaban J connectivity index is 1.47. The highest BCUT2D eigenvalue weighted by molar-refractivity contribution is 7.80. The van der Waals surface area contributed by atoms with Crippen molar-refractivity contribution >= 4 is 28.9 Å². The number of hydrogen-bond acceptors (Lipinski definition) is 6. The largest absolute Gasteiger partial charge is 0.487 e. The van der Waals surface area contributed by atoms with Crippen molar-refractivity contribution < 1.29 is 18.3 Å². The zero-order chi connectivity index (χ0) is 21.3. The molecule has 11 heteroatoms. The Hall–Kier alpha value is -3.47. The number of pyridine rings is 1. The molecule has 1 aliphatic rings. The molecule has 1 N–H and O–H groups in total. The number of carbonyl (C=O) groups is 1. The molecule has 4 rings (SSSR count). The molecule has 0 aliphatic carbocycles. The molecule has 3 heterocycles. The van der Waals surface area contributed by atoms with Gasteiger partial charge in [-0.2, -0.15) is 0 Å². The molecule has 154 valence electrons. The number of thiocarbonyl (C=S) groups is 1. The second-order valence-corrected chi connectivity index (χ2v) is 6.94. The van der Waals surface area contributed by atoms with Gasteiger partial charge in [-0.15, -0.1) is 5.10 Å². The van der Waals surface area contributed by atoms with E-state index in [-0.39, 0.29) is 24.5 Å². The topological polar surface area (TPSA) is 85.2 Å². The smallest absolute Gasteiger partial charge is 0.291 e. The zero-order valence-electron chi connectivity index (χ0n) is 15.7. The Morgan fingerprint density at radius 3 is 2.80 bits per heavy atom. The second kappa shape index (κ2) is 8.11. The van der Waals surface area contributed by atoms with E-state index in [1.807, 2.05) is 0 Å². The summed E-state index contributed by atoms with van der Waals surface area (Å²) in [6.45, 7) is -0.0950. The number of nitrogens with zero attached hydrogens (tertiary/aromatic N) is 5. The van der Waals surface area contributed by atoms with Crippen LogP contribution in [-0.4, -0.2) is 50.3 Å². The number of fused-ring (bicyclic) bond motifs is 1. The summed E-state index contributed by atoms with van der Waals surface area (Å²) in [6, 6.07) is 6.46. The van der Waals surface area contributed by atoms with Gasteiger partial charge in [-0.1, -0.05) is 18.3 Å². The molecule has 1 amide bonds. The van der Waals surface area contributed by atoms with Gasteiger partial charge in [0.05, 0.1) is 6.54 Å². The summed E-state index contributed by atoms with van der Waals surface area (Å²) in [6.07, 6.45) is 2.85. The molecule has 0 bridgehead atoms. The third kappa shape index (κ3) is 3.83. The maximum absolute atomic E-state index is 13.8. The third-order valence-electron chi connectivity index (χ3n) is 4.53. The highest BCUT2D eigenvalue weighted by Crippen LogP contribution is 2.27. The fourth-order valence-corrected chi connectivity index (χ4v) is 3.19. The van der Waals surface area contributed by atoms with Crippen LogP contribution in [0, 0.1) is 11.6 Å². The van der Waals surface area contributed by atoms with Gasteiger partial charge in [0.25, 0.3) is 5.91 Å². The molecule has 1 unspecified atom stereocenters. The van der Waals surface area contributed by atoms with Crippen LogP contribution >= 0.6 is 12.2 Å². The van der Waals surface area contributed by atoms with Gasteiger partial charge in [-0.25, -0.2) is 23.4 Å². The van der Waals surface area contributed by atoms with Gasteiger partial charge >= 0.3 is 0 Å². The van der Waals surface area contributed by atoms with Gasteiger partial charge in [0, 0.05) is 18.8 Å². The van der Waals surface area contributed by atoms with Crippen molar-refractivity contribution in [1.82, 2.24) is 25.1 Å². The normalized spacial score (nSPS) is 15.9. The van der Waals surface area contributed by atoms with E-state index in [2.05, 4.69) is 20.4 Å². The lowest BCUT2D eigenvalue weighted by atomic mass is 10.2. The van der Waals surface area contributed by atoms with Crippen LogP contribution in [0.25, 0.3) is 0 Å². The fourth-order valence-electron chi connectivity index (χ4n) is 2.98. The first-order valence-corrected chi connectivity index (χ1v) is 9.33. The van der Waals surface area contributed by atoms with Crippen LogP contribution in [0.3, 0.4) is 0 Å². The second-order valence-electron chi connectivity index (χ2n) is 6.53. The summed E-state index contributed by atoms with van der Waals surface area (Å²) in [4.78, 5) is 22.9. The van der Waals surface area contributed by atoms with Crippen molar-refractivity contribution in [3.8, 4) is 5.75 Å². The van der Waals surface area contributed by atoms with Crippen molar-refractivity contribution in [1.29, 1.82) is 0 Å². The first-order chi connectivity index (χ1) is 14.4. The SMILES string of the molecule is CN1C(=S)C(NC(=O)c2ncn(Cc3c(F)cccc3F)n2)COc2cccnc21. The number of anilines is 1. The number of rotatable bonds is 4. The molecule has 0 saturated heterocycles. The monoisotopic (exact) mass is 430 g/mol. The minimum Gasteiger partial charge on any atom is -0.487 e. The van der Waals surface area contributed by atoms with Crippen molar-refractivity contribution in [2.75, 3.05) is 18.6 Å². The number of nitrogens with one attached hydrogen (secondary N) is 1. The fraction of sp³-hybridized carbons (Fsp3) is 0.211. The molecule has 8 nitrogen and oxygen atoms in total. The van der Waals surface area contributed by atoms with Gasteiger partial charge < -0.3 is 15.0 Å². The van der Waals surface area contributed by atoms with Gasteiger partial charge in [-0.05, 0) is 24.3 Å². The Kier molecular flexibility index (Phi) is 5.36. The van der Waals surface area contributed by atoms with Crippen molar-refractivity contribution in [2.24, 2.45) is 0 Å². The molecule has 0 saturated carbocycles. The third-order valence-corrected chi connectivity index (χ3v) is 5.09. The summed E-state index contributed by atoms with van der Waals surface area (Å²) < 4.78 is 34.5. The molecule has 2 aromatic heterocycles. The Morgan fingerprint density at radius 1 is 1.27 bits per heavy atom. The highest BCUT2D eigenvalue weighted by Gasteiger charge is 2.29. The Labute approximate surface area is 175 Å². The minimum atomic E-state index is -0.700. The van der Waals surface area contributed by atoms with E-state index < -0.39 is 23.6 Å². The average molecular weight is 430 g/mol.